The van der Waals surface area contributed by atoms with Crippen molar-refractivity contribution < 1.29 is 57.9 Å². The number of aromatic hydroxyl groups is 2. The summed E-state index contributed by atoms with van der Waals surface area (Å²) in [5.41, 5.74) is 5.47. The first-order chi connectivity index (χ1) is 25.0. The van der Waals surface area contributed by atoms with E-state index in [-0.39, 0.29) is 77.1 Å². The Morgan fingerprint density at radius 3 is 2.52 bits per heavy atom. The van der Waals surface area contributed by atoms with Crippen molar-refractivity contribution in [1.29, 1.82) is 0 Å². The van der Waals surface area contributed by atoms with Gasteiger partial charge in [0.2, 0.25) is 5.91 Å². The van der Waals surface area contributed by atoms with E-state index >= 15 is 0 Å². The van der Waals surface area contributed by atoms with Crippen molar-refractivity contribution in [2.24, 2.45) is 5.92 Å². The third-order valence-electron chi connectivity index (χ3n) is 10.9. The molecule has 4 aliphatic heterocycles. The molecule has 0 spiro atoms. The van der Waals surface area contributed by atoms with E-state index in [1.165, 1.54) is 18.2 Å². The van der Waals surface area contributed by atoms with Crippen molar-refractivity contribution in [2.75, 3.05) is 39.1 Å². The number of fused-ring (bicyclic) bond motifs is 6. The van der Waals surface area contributed by atoms with Crippen LogP contribution in [-0.2, 0) is 44.5 Å². The smallest absolute Gasteiger partial charge is 0.253 e. The molecule has 3 saturated heterocycles. The molecule has 3 fully saturated rings. The Balaban J connectivity index is 1.12. The molecule has 0 aromatic heterocycles. The zero-order valence-electron chi connectivity index (χ0n) is 28.4. The Morgan fingerprint density at radius 1 is 1.02 bits per heavy atom. The third-order valence-corrected chi connectivity index (χ3v) is 10.9. The number of nitrogens with one attached hydrogen (secondary N) is 1. The van der Waals surface area contributed by atoms with Gasteiger partial charge in [0.05, 0.1) is 35.5 Å². The van der Waals surface area contributed by atoms with Gasteiger partial charge in [0.15, 0.2) is 30.4 Å². The number of rotatable bonds is 7. The van der Waals surface area contributed by atoms with E-state index in [4.69, 9.17) is 29.4 Å². The molecule has 52 heavy (non-hydrogen) atoms. The monoisotopic (exact) mass is 718 g/mol. The van der Waals surface area contributed by atoms with Gasteiger partial charge in [0, 0.05) is 79.7 Å². The lowest BCUT2D eigenvalue weighted by Gasteiger charge is -2.42. The molecule has 16 heteroatoms. The average Bonchev–Trinajstić information content (AvgIpc) is 3.67. The van der Waals surface area contributed by atoms with E-state index in [9.17, 15) is 34.2 Å². The van der Waals surface area contributed by atoms with Crippen LogP contribution in [0.2, 0.25) is 0 Å². The summed E-state index contributed by atoms with van der Waals surface area (Å²) in [7, 11) is 1.55. The number of amides is 3. The first kappa shape index (κ1) is 34.4. The Labute approximate surface area is 297 Å². The van der Waals surface area contributed by atoms with Gasteiger partial charge in [-0.2, -0.15) is 0 Å². The number of anilines is 1. The zero-order valence-corrected chi connectivity index (χ0v) is 28.4. The fraction of sp³-hybridized carbons (Fsp3) is 0.472. The van der Waals surface area contributed by atoms with Crippen LogP contribution in [0.15, 0.2) is 30.4 Å². The van der Waals surface area contributed by atoms with Crippen LogP contribution in [0.3, 0.4) is 0 Å². The molecule has 8 atom stereocenters. The Morgan fingerprint density at radius 2 is 1.77 bits per heavy atom. The summed E-state index contributed by atoms with van der Waals surface area (Å²) < 4.78 is 30.5. The molecule has 2 aromatic rings. The number of phenols is 2. The highest BCUT2D eigenvalue weighted by Gasteiger charge is 2.54. The lowest BCUT2D eigenvalue weighted by molar-refractivity contribution is -0.254. The van der Waals surface area contributed by atoms with Crippen molar-refractivity contribution in [3.63, 3.8) is 0 Å². The lowest BCUT2D eigenvalue weighted by Crippen LogP contribution is -2.55. The topological polar surface area (TPSA) is 216 Å². The quantitative estimate of drug-likeness (QED) is 0.150. The van der Waals surface area contributed by atoms with Gasteiger partial charge in [-0.3, -0.25) is 33.8 Å². The molecule has 0 unspecified atom stereocenters. The number of ketones is 2. The summed E-state index contributed by atoms with van der Waals surface area (Å²) in [6.07, 6.45) is -1.20. The molecule has 0 bridgehead atoms. The summed E-state index contributed by atoms with van der Waals surface area (Å²) in [6.45, 7) is 2.80. The normalized spacial score (nSPS) is 30.8. The minimum atomic E-state index is -1.08. The number of methoxy groups -OCH3 is 1. The maximum Gasteiger partial charge on any atom is 0.253 e. The van der Waals surface area contributed by atoms with Crippen LogP contribution in [-0.4, -0.2) is 120 Å². The maximum atomic E-state index is 13.9. The van der Waals surface area contributed by atoms with E-state index in [0.29, 0.717) is 19.6 Å². The number of hydrogen-bond donors (Lipinski definition) is 4. The van der Waals surface area contributed by atoms with Crippen LogP contribution in [0, 0.1) is 5.92 Å². The van der Waals surface area contributed by atoms with Crippen molar-refractivity contribution >= 4 is 35.0 Å². The van der Waals surface area contributed by atoms with Gasteiger partial charge in [-0.15, -0.1) is 0 Å². The maximum absolute atomic E-state index is 13.9. The predicted octanol–water partition coefficient (Wildman–Crippen LogP) is 0.650. The van der Waals surface area contributed by atoms with E-state index in [0.717, 1.165) is 17.1 Å². The summed E-state index contributed by atoms with van der Waals surface area (Å²) in [6, 6.07) is 4.27. The number of hydrogen-bond acceptors (Lipinski definition) is 14. The molecule has 0 saturated carbocycles. The number of phenolic OH excluding ortho intramolecular Hbond substituents is 2. The van der Waals surface area contributed by atoms with E-state index < -0.39 is 77.7 Å². The van der Waals surface area contributed by atoms with Gasteiger partial charge in [-0.05, 0) is 25.8 Å². The second kappa shape index (κ2) is 13.1. The van der Waals surface area contributed by atoms with E-state index in [1.54, 1.807) is 7.11 Å². The summed E-state index contributed by atoms with van der Waals surface area (Å²) in [5.74, 6) is -4.78. The summed E-state index contributed by atoms with van der Waals surface area (Å²) in [4.78, 5) is 68.5. The lowest BCUT2D eigenvalue weighted by atomic mass is 9.74. The van der Waals surface area contributed by atoms with Gasteiger partial charge in [0.1, 0.15) is 17.6 Å². The fourth-order valence-electron chi connectivity index (χ4n) is 8.47. The standard InChI is InChI=1S/C36H38N4O12/c1-15-33-20(39-10-11-49-36(48-2)35(39)52-33)14-24(50-15)51-21-13-16(34(47)38-8-9-40-22(41)6-7-23(40)42)12-18-26(21)32(46)28-27(30(18)44)29(43)17-4-3-5-19(37)25(17)31(28)45/h3-7,15-16,20-21,24,33,35-36,44,46H,8-14,37H2,1-2H3,(H,38,47)/t15-,16+,20-,21-,24-,33+,35+,36-/m0/s1. The zero-order chi connectivity index (χ0) is 36.6. The van der Waals surface area contributed by atoms with Crippen LogP contribution >= 0.6 is 0 Å². The van der Waals surface area contributed by atoms with Crippen molar-refractivity contribution in [3.8, 4) is 11.5 Å². The van der Waals surface area contributed by atoms with Gasteiger partial charge in [-0.25, -0.2) is 0 Å². The van der Waals surface area contributed by atoms with Crippen LogP contribution in [0.1, 0.15) is 68.8 Å². The number of nitrogen functional groups attached to an aromatic ring is 1. The molecule has 2 aromatic carbocycles. The molecule has 4 heterocycles. The SMILES string of the molecule is CO[C@H]1OCCN2[C@@H]1O[C@@H]1[C@H](C)O[C@@H](O[C@H]3C[C@H](C(=O)NCCN4C(=O)C=CC4=O)Cc4c(O)c5c(c(O)c43)C(=O)c3c(N)cccc3C5=O)C[C@@H]12. The average molecular weight is 719 g/mol. The first-order valence-corrected chi connectivity index (χ1v) is 17.2. The number of morpholine rings is 1. The van der Waals surface area contributed by atoms with Crippen molar-refractivity contribution in [3.05, 3.63) is 63.7 Å². The van der Waals surface area contributed by atoms with E-state index in [2.05, 4.69) is 10.2 Å². The molecule has 6 aliphatic rings. The van der Waals surface area contributed by atoms with Gasteiger partial charge < -0.3 is 44.9 Å². The Hall–Kier alpha value is -4.71. The van der Waals surface area contributed by atoms with Crippen LogP contribution < -0.4 is 11.1 Å². The molecular formula is C36H38N4O12. The van der Waals surface area contributed by atoms with Crippen LogP contribution in [0.5, 0.6) is 11.5 Å². The molecule has 8 rings (SSSR count). The van der Waals surface area contributed by atoms with Crippen molar-refractivity contribution in [2.45, 2.75) is 69.3 Å². The number of imide groups is 1. The number of ether oxygens (including phenoxy) is 5. The number of nitrogens with zero attached hydrogens (tertiary/aromatic N) is 2. The highest BCUT2D eigenvalue weighted by atomic mass is 16.7. The molecule has 5 N–H and O–H groups in total. The highest BCUT2D eigenvalue weighted by molar-refractivity contribution is 6.32. The molecule has 0 radical (unpaired) electrons. The minimum Gasteiger partial charge on any atom is -0.507 e. The van der Waals surface area contributed by atoms with Gasteiger partial charge >= 0.3 is 0 Å². The highest BCUT2D eigenvalue weighted by Crippen LogP contribution is 2.52. The van der Waals surface area contributed by atoms with Gasteiger partial charge in [-0.1, -0.05) is 12.1 Å². The third kappa shape index (κ3) is 5.40. The molecule has 274 valence electrons. The van der Waals surface area contributed by atoms with Crippen molar-refractivity contribution in [1.82, 2.24) is 15.1 Å². The Bertz CT molecular complexity index is 1910. The number of carbonyl (C=O) groups is 5. The second-order valence-corrected chi connectivity index (χ2v) is 13.8. The Kier molecular flexibility index (Phi) is 8.63. The molecular weight excluding hydrogens is 680 g/mol. The fourth-order valence-corrected chi connectivity index (χ4v) is 8.47. The number of benzene rings is 2. The number of carbonyl (C=O) groups excluding carboxylic acids is 5. The molecule has 16 nitrogen and oxygen atoms in total. The first-order valence-electron chi connectivity index (χ1n) is 17.2. The number of nitrogens with two attached hydrogens (primary N) is 1. The van der Waals surface area contributed by atoms with Crippen LogP contribution in [0.25, 0.3) is 0 Å². The summed E-state index contributed by atoms with van der Waals surface area (Å²) in [5, 5.41) is 26.4. The van der Waals surface area contributed by atoms with Crippen LogP contribution in [0.4, 0.5) is 5.69 Å². The van der Waals surface area contributed by atoms with Gasteiger partial charge in [0.25, 0.3) is 11.8 Å². The summed E-state index contributed by atoms with van der Waals surface area (Å²) >= 11 is 0. The molecule has 3 amide bonds. The van der Waals surface area contributed by atoms with E-state index in [1.807, 2.05) is 6.92 Å². The minimum absolute atomic E-state index is 0.000617. The predicted molar refractivity (Wildman–Crippen MR) is 177 cm³/mol. The molecule has 2 aliphatic carbocycles. The largest absolute Gasteiger partial charge is 0.507 e. The second-order valence-electron chi connectivity index (χ2n) is 13.8.